The van der Waals surface area contributed by atoms with Gasteiger partial charge in [0, 0.05) is 63.6 Å². The molecule has 4 amide bonds. The first-order chi connectivity index (χ1) is 27.5. The lowest BCUT2D eigenvalue weighted by Crippen LogP contribution is -2.54. The molecule has 15 heteroatoms. The molecule has 302 valence electrons. The van der Waals surface area contributed by atoms with Crippen molar-refractivity contribution >= 4 is 46.6 Å². The normalized spacial score (nSPS) is 17.7. The van der Waals surface area contributed by atoms with Gasteiger partial charge in [-0.1, -0.05) is 44.9 Å². The minimum absolute atomic E-state index is 0.0864. The number of carbonyl (C=O) groups is 4. The van der Waals surface area contributed by atoms with Crippen LogP contribution in [-0.2, 0) is 22.6 Å². The van der Waals surface area contributed by atoms with Crippen LogP contribution in [0.2, 0.25) is 0 Å². The van der Waals surface area contributed by atoms with Crippen molar-refractivity contribution in [2.45, 2.75) is 96.2 Å². The molecule has 7 rings (SSSR count). The molecule has 0 saturated carbocycles. The number of hydrogen-bond donors (Lipinski definition) is 3. The number of nitrogens with zero attached hydrogens (tertiary/aromatic N) is 7. The van der Waals surface area contributed by atoms with Crippen molar-refractivity contribution in [1.82, 2.24) is 34.7 Å². The number of rotatable bonds is 16. The van der Waals surface area contributed by atoms with Crippen molar-refractivity contribution in [1.29, 1.82) is 0 Å². The number of likely N-dealkylation sites (tertiary alicyclic amines) is 1. The first kappa shape index (κ1) is 39.7. The fourth-order valence-corrected chi connectivity index (χ4v) is 7.90. The van der Waals surface area contributed by atoms with E-state index in [-0.39, 0.29) is 36.0 Å². The van der Waals surface area contributed by atoms with Crippen LogP contribution in [0.3, 0.4) is 0 Å². The Kier molecular flexibility index (Phi) is 12.0. The van der Waals surface area contributed by atoms with Crippen molar-refractivity contribution in [2.75, 3.05) is 56.3 Å². The Labute approximate surface area is 333 Å². The van der Waals surface area contributed by atoms with Crippen LogP contribution in [0.4, 0.5) is 17.3 Å². The summed E-state index contributed by atoms with van der Waals surface area (Å²) < 4.78 is 8.12. The predicted molar refractivity (Wildman–Crippen MR) is 218 cm³/mol. The maximum absolute atomic E-state index is 13.4. The standard InChI is InChI=1S/C42H54N10O5/c1-26(2)31-25-45-52-37(31)47-42(57-29-18-21-50(5)22-19-29)48-41(52)44-24-28-15-14-27(23-34(28)49(3)4)11-8-6-7-9-20-43-32-13-10-12-30-36(32)40(56)51(39(30)55)33-16-17-35(53)46-38(33)54/h10,12-15,23,25-26,29,33,43H,6-9,11,16-22,24H2,1-5H3,(H,44,47,48)(H,46,53,54). The Hall–Kier alpha value is -5.57. The van der Waals surface area contributed by atoms with E-state index in [0.29, 0.717) is 30.7 Å². The maximum atomic E-state index is 13.4. The number of aromatic nitrogens is 4. The number of imide groups is 2. The second-order valence-electron chi connectivity index (χ2n) is 15.9. The molecule has 0 bridgehead atoms. The van der Waals surface area contributed by atoms with Gasteiger partial charge >= 0.3 is 6.01 Å². The van der Waals surface area contributed by atoms with Crippen molar-refractivity contribution in [3.05, 3.63) is 70.4 Å². The molecule has 3 aliphatic heterocycles. The molecule has 2 aromatic carbocycles. The summed E-state index contributed by atoms with van der Waals surface area (Å²) >= 11 is 0. The summed E-state index contributed by atoms with van der Waals surface area (Å²) in [6.45, 7) is 7.45. The molecule has 0 aliphatic carbocycles. The number of benzene rings is 2. The summed E-state index contributed by atoms with van der Waals surface area (Å²) in [4.78, 5) is 65.7. The van der Waals surface area contributed by atoms with Gasteiger partial charge in [-0.05, 0) is 80.8 Å². The highest BCUT2D eigenvalue weighted by Crippen LogP contribution is 2.33. The van der Waals surface area contributed by atoms with Crippen molar-refractivity contribution in [2.24, 2.45) is 0 Å². The van der Waals surface area contributed by atoms with Crippen LogP contribution in [0, 0.1) is 0 Å². The van der Waals surface area contributed by atoms with E-state index in [1.807, 2.05) is 6.20 Å². The molecule has 3 aliphatic rings. The van der Waals surface area contributed by atoms with E-state index in [4.69, 9.17) is 14.7 Å². The number of ether oxygens (including phenoxy) is 1. The number of anilines is 3. The number of fused-ring (bicyclic) bond motifs is 2. The molecule has 2 saturated heterocycles. The average molecular weight is 779 g/mol. The molecule has 2 fully saturated rings. The smallest absolute Gasteiger partial charge is 0.322 e. The van der Waals surface area contributed by atoms with E-state index < -0.39 is 29.7 Å². The van der Waals surface area contributed by atoms with Crippen molar-refractivity contribution < 1.29 is 23.9 Å². The van der Waals surface area contributed by atoms with E-state index in [2.05, 4.69) is 84.0 Å². The molecular formula is C42H54N10O5. The van der Waals surface area contributed by atoms with E-state index >= 15 is 0 Å². The van der Waals surface area contributed by atoms with Gasteiger partial charge in [0.25, 0.3) is 11.8 Å². The minimum Gasteiger partial charge on any atom is -0.460 e. The summed E-state index contributed by atoms with van der Waals surface area (Å²) in [5, 5.41) is 13.8. The molecule has 1 unspecified atom stereocenters. The zero-order valence-corrected chi connectivity index (χ0v) is 33.6. The summed E-state index contributed by atoms with van der Waals surface area (Å²) in [6.07, 6.45) is 9.00. The highest BCUT2D eigenvalue weighted by atomic mass is 16.5. The van der Waals surface area contributed by atoms with Crippen LogP contribution in [0.1, 0.15) is 109 Å². The minimum atomic E-state index is -0.983. The Bertz CT molecular complexity index is 2140. The lowest BCUT2D eigenvalue weighted by molar-refractivity contribution is -0.136. The highest BCUT2D eigenvalue weighted by Gasteiger charge is 2.45. The topological polar surface area (TPSA) is 166 Å². The van der Waals surface area contributed by atoms with Crippen LogP contribution in [-0.4, -0.2) is 106 Å². The fraction of sp³-hybridized carbons (Fsp3) is 0.500. The number of nitrogens with one attached hydrogen (secondary N) is 3. The third-order valence-electron chi connectivity index (χ3n) is 11.2. The SMILES string of the molecule is CC(C)c1cnn2c(NCc3ccc(CCCCCCNc4cccc5c4C(=O)N(C4CCC(=O)NC4=O)C5=O)cc3N(C)C)nc(OC3CCN(C)CC3)nc12. The predicted octanol–water partition coefficient (Wildman–Crippen LogP) is 5.02. The maximum Gasteiger partial charge on any atom is 0.322 e. The average Bonchev–Trinajstić information content (AvgIpc) is 3.73. The number of aryl methyl sites for hydroxylation is 1. The van der Waals surface area contributed by atoms with Gasteiger partial charge in [-0.2, -0.15) is 19.6 Å². The second-order valence-corrected chi connectivity index (χ2v) is 15.9. The van der Waals surface area contributed by atoms with Gasteiger partial charge in [0.15, 0.2) is 5.65 Å². The van der Waals surface area contributed by atoms with E-state index in [1.54, 1.807) is 22.7 Å². The molecule has 0 spiro atoms. The molecule has 2 aromatic heterocycles. The number of carbonyl (C=O) groups excluding carboxylic acids is 4. The van der Waals surface area contributed by atoms with Crippen molar-refractivity contribution in [3.63, 3.8) is 0 Å². The monoisotopic (exact) mass is 778 g/mol. The molecule has 57 heavy (non-hydrogen) atoms. The Morgan fingerprint density at radius 3 is 2.49 bits per heavy atom. The number of piperidine rings is 2. The Balaban J connectivity index is 0.914. The molecule has 5 heterocycles. The van der Waals surface area contributed by atoms with Gasteiger partial charge in [-0.3, -0.25) is 29.4 Å². The second kappa shape index (κ2) is 17.3. The quantitative estimate of drug-likeness (QED) is 0.103. The molecule has 3 N–H and O–H groups in total. The zero-order chi connectivity index (χ0) is 40.2. The van der Waals surface area contributed by atoms with E-state index in [1.165, 1.54) is 5.56 Å². The number of amides is 4. The molecule has 1 atom stereocenters. The van der Waals surface area contributed by atoms with Gasteiger partial charge in [0.1, 0.15) is 12.1 Å². The lowest BCUT2D eigenvalue weighted by atomic mass is 10.0. The van der Waals surface area contributed by atoms with Gasteiger partial charge < -0.3 is 25.2 Å². The largest absolute Gasteiger partial charge is 0.460 e. The molecule has 4 aromatic rings. The van der Waals surface area contributed by atoms with Crippen LogP contribution in [0.25, 0.3) is 5.65 Å². The molecular weight excluding hydrogens is 725 g/mol. The summed E-state index contributed by atoms with van der Waals surface area (Å²) in [6, 6.07) is 11.2. The Morgan fingerprint density at radius 1 is 0.947 bits per heavy atom. The van der Waals surface area contributed by atoms with Gasteiger partial charge in [-0.15, -0.1) is 0 Å². The zero-order valence-electron chi connectivity index (χ0n) is 33.6. The summed E-state index contributed by atoms with van der Waals surface area (Å²) in [5.41, 5.74) is 6.52. The van der Waals surface area contributed by atoms with Crippen LogP contribution >= 0.6 is 0 Å². The first-order valence-electron chi connectivity index (χ1n) is 20.2. The third-order valence-corrected chi connectivity index (χ3v) is 11.2. The van der Waals surface area contributed by atoms with E-state index in [9.17, 15) is 19.2 Å². The van der Waals surface area contributed by atoms with Crippen LogP contribution in [0.5, 0.6) is 6.01 Å². The van der Waals surface area contributed by atoms with Gasteiger partial charge in [0.05, 0.1) is 17.3 Å². The number of hydrogen-bond acceptors (Lipinski definition) is 12. The summed E-state index contributed by atoms with van der Waals surface area (Å²) in [5.74, 6) is -1.15. The first-order valence-corrected chi connectivity index (χ1v) is 20.2. The molecule has 0 radical (unpaired) electrons. The third kappa shape index (κ3) is 8.73. The van der Waals surface area contributed by atoms with Gasteiger partial charge in [-0.25, -0.2) is 0 Å². The number of unbranched alkanes of at least 4 members (excludes halogenated alkanes) is 3. The van der Waals surface area contributed by atoms with Crippen LogP contribution in [0.15, 0.2) is 42.6 Å². The fourth-order valence-electron chi connectivity index (χ4n) is 7.90. The highest BCUT2D eigenvalue weighted by molar-refractivity contribution is 6.25. The van der Waals surface area contributed by atoms with Crippen molar-refractivity contribution in [3.8, 4) is 6.01 Å². The molecule has 15 nitrogen and oxygen atoms in total. The lowest BCUT2D eigenvalue weighted by Gasteiger charge is -2.28. The summed E-state index contributed by atoms with van der Waals surface area (Å²) in [7, 11) is 6.26. The van der Waals surface area contributed by atoms with E-state index in [0.717, 1.165) is 85.4 Å². The van der Waals surface area contributed by atoms with Gasteiger partial charge in [0.2, 0.25) is 17.8 Å². The van der Waals surface area contributed by atoms with Crippen LogP contribution < -0.4 is 25.6 Å². The Morgan fingerprint density at radius 2 is 1.74 bits per heavy atom.